The van der Waals surface area contributed by atoms with Crippen molar-refractivity contribution in [2.75, 3.05) is 45.9 Å². The highest BCUT2D eigenvalue weighted by Gasteiger charge is 2.38. The lowest BCUT2D eigenvalue weighted by Gasteiger charge is -2.41. The highest BCUT2D eigenvalue weighted by molar-refractivity contribution is 5.96. The first-order valence-corrected chi connectivity index (χ1v) is 11.4. The van der Waals surface area contributed by atoms with Crippen LogP contribution in [0.3, 0.4) is 0 Å². The number of fused-ring (bicyclic) bond motifs is 1. The quantitative estimate of drug-likeness (QED) is 0.572. The molecule has 0 saturated carbocycles. The summed E-state index contributed by atoms with van der Waals surface area (Å²) in [7, 11) is 0. The van der Waals surface area contributed by atoms with Crippen molar-refractivity contribution in [3.63, 3.8) is 0 Å². The van der Waals surface area contributed by atoms with Crippen molar-refractivity contribution in [2.24, 2.45) is 0 Å². The number of ether oxygens (including phenoxy) is 1. The Kier molecular flexibility index (Phi) is 7.57. The third-order valence-corrected chi connectivity index (χ3v) is 6.24. The number of halogens is 3. The summed E-state index contributed by atoms with van der Waals surface area (Å²) < 4.78 is 46.4. The molecule has 1 aromatic carbocycles. The maximum absolute atomic E-state index is 13.5. The molecule has 0 spiro atoms. The van der Waals surface area contributed by atoms with Gasteiger partial charge in [0.1, 0.15) is 12.6 Å². The molecule has 1 aromatic heterocycles. The molecule has 0 radical (unpaired) electrons. The first-order valence-electron chi connectivity index (χ1n) is 11.4. The molecular weight excluding hydrogens is 451 g/mol. The number of benzene rings is 1. The van der Waals surface area contributed by atoms with Crippen LogP contribution in [0, 0.1) is 0 Å². The topological polar surface area (TPSA) is 66.2 Å². The van der Waals surface area contributed by atoms with Gasteiger partial charge >= 0.3 is 6.18 Å². The van der Waals surface area contributed by atoms with Gasteiger partial charge in [0.15, 0.2) is 5.76 Å². The number of amides is 2. The van der Waals surface area contributed by atoms with Gasteiger partial charge in [0.05, 0.1) is 6.26 Å². The van der Waals surface area contributed by atoms with E-state index < -0.39 is 18.8 Å². The minimum Gasteiger partial charge on any atom is -0.459 e. The molecule has 34 heavy (non-hydrogen) atoms. The summed E-state index contributed by atoms with van der Waals surface area (Å²) >= 11 is 0. The van der Waals surface area contributed by atoms with Crippen LogP contribution in [0.4, 0.5) is 13.2 Å². The molecule has 2 aromatic rings. The van der Waals surface area contributed by atoms with Crippen molar-refractivity contribution in [3.8, 4) is 0 Å². The van der Waals surface area contributed by atoms with Crippen molar-refractivity contribution in [2.45, 2.75) is 31.6 Å². The molecule has 2 aliphatic rings. The fourth-order valence-corrected chi connectivity index (χ4v) is 4.48. The Morgan fingerprint density at radius 1 is 1.03 bits per heavy atom. The standard InChI is InChI=1S/C24H28F3N3O4/c25-24(26,27)17-33-13-4-8-28-9-11-29(12-10-28)22(31)20-15-18-5-1-2-6-19(18)16-30(20)23(32)21-7-3-14-34-21/h1-3,5-7,14,20H,4,8-13,15-17H2. The molecule has 184 valence electrons. The normalized spacial score (nSPS) is 19.2. The zero-order valence-electron chi connectivity index (χ0n) is 18.8. The van der Waals surface area contributed by atoms with Gasteiger partial charge in [-0.05, 0) is 29.7 Å². The summed E-state index contributed by atoms with van der Waals surface area (Å²) in [5, 5.41) is 0. The lowest BCUT2D eigenvalue weighted by molar-refractivity contribution is -0.174. The van der Waals surface area contributed by atoms with Gasteiger partial charge in [0, 0.05) is 52.3 Å². The molecule has 1 saturated heterocycles. The van der Waals surface area contributed by atoms with E-state index in [1.807, 2.05) is 24.3 Å². The second-order valence-corrected chi connectivity index (χ2v) is 8.59. The highest BCUT2D eigenvalue weighted by Crippen LogP contribution is 2.27. The minimum absolute atomic E-state index is 0.0456. The zero-order valence-corrected chi connectivity index (χ0v) is 18.8. The van der Waals surface area contributed by atoms with Gasteiger partial charge in [-0.25, -0.2) is 0 Å². The Morgan fingerprint density at radius 3 is 2.44 bits per heavy atom. The van der Waals surface area contributed by atoms with Crippen LogP contribution in [-0.2, 0) is 22.5 Å². The number of piperazine rings is 1. The Hall–Kier alpha value is -2.85. The van der Waals surface area contributed by atoms with Crippen molar-refractivity contribution in [3.05, 3.63) is 59.5 Å². The third-order valence-electron chi connectivity index (χ3n) is 6.24. The van der Waals surface area contributed by atoms with Gasteiger partial charge < -0.3 is 19.0 Å². The zero-order chi connectivity index (χ0) is 24.1. The Balaban J connectivity index is 1.34. The summed E-state index contributed by atoms with van der Waals surface area (Å²) in [5.41, 5.74) is 2.07. The molecule has 3 heterocycles. The van der Waals surface area contributed by atoms with Crippen LogP contribution in [0.15, 0.2) is 47.1 Å². The Labute approximate surface area is 196 Å². The average Bonchev–Trinajstić information content (AvgIpc) is 3.37. The predicted octanol–water partition coefficient (Wildman–Crippen LogP) is 2.96. The summed E-state index contributed by atoms with van der Waals surface area (Å²) in [6.07, 6.45) is -1.93. The molecule has 4 rings (SSSR count). The van der Waals surface area contributed by atoms with Crippen LogP contribution in [-0.4, -0.2) is 84.7 Å². The lowest BCUT2D eigenvalue weighted by atomic mass is 9.92. The minimum atomic E-state index is -4.31. The van der Waals surface area contributed by atoms with Gasteiger partial charge in [-0.3, -0.25) is 14.5 Å². The van der Waals surface area contributed by atoms with Crippen molar-refractivity contribution in [1.29, 1.82) is 0 Å². The molecule has 2 aliphatic heterocycles. The van der Waals surface area contributed by atoms with E-state index in [4.69, 9.17) is 4.42 Å². The van der Waals surface area contributed by atoms with Crippen LogP contribution >= 0.6 is 0 Å². The number of carbonyl (C=O) groups excluding carboxylic acids is 2. The summed E-state index contributed by atoms with van der Waals surface area (Å²) in [6, 6.07) is 10.4. The number of alkyl halides is 3. The van der Waals surface area contributed by atoms with Crippen LogP contribution in [0.1, 0.15) is 28.1 Å². The van der Waals surface area contributed by atoms with Crippen LogP contribution in [0.2, 0.25) is 0 Å². The molecule has 0 aliphatic carbocycles. The van der Waals surface area contributed by atoms with Gasteiger partial charge in [-0.2, -0.15) is 13.2 Å². The maximum atomic E-state index is 13.5. The Bertz CT molecular complexity index is 972. The molecule has 10 heteroatoms. The second kappa shape index (κ2) is 10.6. The van der Waals surface area contributed by atoms with E-state index in [1.54, 1.807) is 21.9 Å². The smallest absolute Gasteiger partial charge is 0.411 e. The number of furan rings is 1. The summed E-state index contributed by atoms with van der Waals surface area (Å²) in [5.74, 6) is -0.201. The number of carbonyl (C=O) groups is 2. The van der Waals surface area contributed by atoms with E-state index in [2.05, 4.69) is 9.64 Å². The molecule has 1 atom stereocenters. The van der Waals surface area contributed by atoms with Gasteiger partial charge in [0.2, 0.25) is 5.91 Å². The van der Waals surface area contributed by atoms with E-state index in [0.29, 0.717) is 52.1 Å². The number of hydrogen-bond acceptors (Lipinski definition) is 5. The fourth-order valence-electron chi connectivity index (χ4n) is 4.48. The van der Waals surface area contributed by atoms with Gasteiger partial charge in [-0.1, -0.05) is 24.3 Å². The third kappa shape index (κ3) is 5.98. The molecule has 0 N–H and O–H groups in total. The van der Waals surface area contributed by atoms with Crippen LogP contribution in [0.25, 0.3) is 0 Å². The van der Waals surface area contributed by atoms with Crippen LogP contribution in [0.5, 0.6) is 0 Å². The highest BCUT2D eigenvalue weighted by atomic mass is 19.4. The molecule has 2 amide bonds. The molecule has 0 bridgehead atoms. The van der Waals surface area contributed by atoms with Crippen molar-refractivity contribution in [1.82, 2.24) is 14.7 Å². The maximum Gasteiger partial charge on any atom is 0.411 e. The fraction of sp³-hybridized carbons (Fsp3) is 0.500. The SMILES string of the molecule is O=C(C1Cc2ccccc2CN1C(=O)c1ccco1)N1CCN(CCCOCC(F)(F)F)CC1. The summed E-state index contributed by atoms with van der Waals surface area (Å²) in [4.78, 5) is 32.1. The monoisotopic (exact) mass is 479 g/mol. The summed E-state index contributed by atoms with van der Waals surface area (Å²) in [6.45, 7) is 2.02. The molecule has 1 unspecified atom stereocenters. The second-order valence-electron chi connectivity index (χ2n) is 8.59. The first kappa shape index (κ1) is 24.3. The van der Waals surface area contributed by atoms with E-state index in [-0.39, 0.29) is 24.2 Å². The van der Waals surface area contributed by atoms with E-state index >= 15 is 0 Å². The van der Waals surface area contributed by atoms with E-state index in [0.717, 1.165) is 11.1 Å². The van der Waals surface area contributed by atoms with Crippen molar-refractivity contribution < 1.29 is 31.9 Å². The van der Waals surface area contributed by atoms with Crippen LogP contribution < -0.4 is 0 Å². The molecule has 7 nitrogen and oxygen atoms in total. The molecular formula is C24H28F3N3O4. The largest absolute Gasteiger partial charge is 0.459 e. The number of hydrogen-bond donors (Lipinski definition) is 0. The van der Waals surface area contributed by atoms with Gasteiger partial charge in [0.25, 0.3) is 5.91 Å². The average molecular weight is 479 g/mol. The molecule has 1 fully saturated rings. The Morgan fingerprint density at radius 2 is 1.76 bits per heavy atom. The van der Waals surface area contributed by atoms with E-state index in [9.17, 15) is 22.8 Å². The first-order chi connectivity index (χ1) is 16.3. The predicted molar refractivity (Wildman–Crippen MR) is 117 cm³/mol. The van der Waals surface area contributed by atoms with Gasteiger partial charge in [-0.15, -0.1) is 0 Å². The lowest BCUT2D eigenvalue weighted by Crippen LogP contribution is -2.57. The number of rotatable bonds is 7. The number of nitrogens with zero attached hydrogens (tertiary/aromatic N) is 3. The van der Waals surface area contributed by atoms with Crippen molar-refractivity contribution >= 4 is 11.8 Å². The van der Waals surface area contributed by atoms with E-state index in [1.165, 1.54) is 6.26 Å².